The maximum absolute atomic E-state index is 4.47. The van der Waals surface area contributed by atoms with E-state index in [4.69, 9.17) is 0 Å². The van der Waals surface area contributed by atoms with Crippen molar-refractivity contribution in [1.82, 2.24) is 19.4 Å². The van der Waals surface area contributed by atoms with Crippen LogP contribution >= 0.6 is 0 Å². The Morgan fingerprint density at radius 3 is 2.95 bits per heavy atom. The van der Waals surface area contributed by atoms with E-state index >= 15 is 0 Å². The van der Waals surface area contributed by atoms with Gasteiger partial charge in [0, 0.05) is 50.8 Å². The van der Waals surface area contributed by atoms with E-state index in [0.717, 1.165) is 24.6 Å². The summed E-state index contributed by atoms with van der Waals surface area (Å²) in [5.41, 5.74) is 2.51. The van der Waals surface area contributed by atoms with Crippen LogP contribution in [-0.2, 0) is 20.0 Å². The molecular formula is C17H24N4. The Morgan fingerprint density at radius 2 is 2.19 bits per heavy atom. The molecule has 0 spiro atoms. The highest BCUT2D eigenvalue weighted by Crippen LogP contribution is 2.22. The lowest BCUT2D eigenvalue weighted by atomic mass is 9.94. The zero-order chi connectivity index (χ0) is 14.7. The van der Waals surface area contributed by atoms with E-state index < -0.39 is 0 Å². The first-order valence-corrected chi connectivity index (χ1v) is 7.81. The van der Waals surface area contributed by atoms with Gasteiger partial charge in [0.25, 0.3) is 0 Å². The van der Waals surface area contributed by atoms with E-state index in [9.17, 15) is 0 Å². The van der Waals surface area contributed by atoms with Crippen molar-refractivity contribution in [3.63, 3.8) is 0 Å². The molecule has 0 aromatic carbocycles. The molecule has 0 radical (unpaired) electrons. The zero-order valence-corrected chi connectivity index (χ0v) is 13.0. The monoisotopic (exact) mass is 284 g/mol. The fourth-order valence-corrected chi connectivity index (χ4v) is 3.24. The number of pyridine rings is 1. The van der Waals surface area contributed by atoms with Gasteiger partial charge in [-0.2, -0.15) is 0 Å². The van der Waals surface area contributed by atoms with E-state index in [2.05, 4.69) is 39.5 Å². The summed E-state index contributed by atoms with van der Waals surface area (Å²) < 4.78 is 2.14. The van der Waals surface area contributed by atoms with Gasteiger partial charge in [-0.1, -0.05) is 6.07 Å². The van der Waals surface area contributed by atoms with Gasteiger partial charge in [0.15, 0.2) is 0 Å². The van der Waals surface area contributed by atoms with E-state index in [1.165, 1.54) is 37.3 Å². The lowest BCUT2D eigenvalue weighted by molar-refractivity contribution is 0.165. The molecule has 1 atom stereocenters. The van der Waals surface area contributed by atoms with Gasteiger partial charge in [-0.25, -0.2) is 4.98 Å². The summed E-state index contributed by atoms with van der Waals surface area (Å²) in [6, 6.07) is 4.24. The van der Waals surface area contributed by atoms with E-state index in [0.29, 0.717) is 0 Å². The highest BCUT2D eigenvalue weighted by Gasteiger charge is 2.21. The highest BCUT2D eigenvalue weighted by atomic mass is 15.1. The van der Waals surface area contributed by atoms with Gasteiger partial charge in [-0.3, -0.25) is 9.88 Å². The SMILES string of the molecule is Cc1ncccc1CN1CCC[C@@H](Cc2nccn2C)C1. The van der Waals surface area contributed by atoms with Gasteiger partial charge >= 0.3 is 0 Å². The third-order valence-corrected chi connectivity index (χ3v) is 4.51. The summed E-state index contributed by atoms with van der Waals surface area (Å²) in [5.74, 6) is 1.93. The normalized spacial score (nSPS) is 19.8. The standard InChI is InChI=1S/C17H24N4/c1-14-16(6-3-7-18-14)13-21-9-4-5-15(12-21)11-17-19-8-10-20(17)2/h3,6-8,10,15H,4-5,9,11-13H2,1-2H3/t15-/m0/s1. The second kappa shape index (κ2) is 6.39. The minimum atomic E-state index is 0.719. The van der Waals surface area contributed by atoms with Gasteiger partial charge in [0.1, 0.15) is 5.82 Å². The van der Waals surface area contributed by atoms with Crippen molar-refractivity contribution in [2.24, 2.45) is 13.0 Å². The number of aryl methyl sites for hydroxylation is 2. The molecule has 112 valence electrons. The smallest absolute Gasteiger partial charge is 0.108 e. The average molecular weight is 284 g/mol. The van der Waals surface area contributed by atoms with Crippen LogP contribution in [0.3, 0.4) is 0 Å². The van der Waals surface area contributed by atoms with Crippen LogP contribution < -0.4 is 0 Å². The van der Waals surface area contributed by atoms with Gasteiger partial charge in [0.2, 0.25) is 0 Å². The Balaban J connectivity index is 1.61. The Bertz CT molecular complexity index is 590. The highest BCUT2D eigenvalue weighted by molar-refractivity contribution is 5.18. The molecule has 0 N–H and O–H groups in total. The molecule has 4 heteroatoms. The fourth-order valence-electron chi connectivity index (χ4n) is 3.24. The van der Waals surface area contributed by atoms with Crippen LogP contribution in [0, 0.1) is 12.8 Å². The molecule has 0 bridgehead atoms. The van der Waals surface area contributed by atoms with Crippen LogP contribution in [0.5, 0.6) is 0 Å². The number of nitrogens with zero attached hydrogens (tertiary/aromatic N) is 4. The molecule has 4 nitrogen and oxygen atoms in total. The molecular weight excluding hydrogens is 260 g/mol. The maximum atomic E-state index is 4.47. The Labute approximate surface area is 126 Å². The first-order valence-electron chi connectivity index (χ1n) is 7.81. The molecule has 1 aliphatic rings. The second-order valence-corrected chi connectivity index (χ2v) is 6.15. The number of rotatable bonds is 4. The molecule has 0 saturated carbocycles. The minimum Gasteiger partial charge on any atom is -0.338 e. The van der Waals surface area contributed by atoms with Crippen LogP contribution in [0.15, 0.2) is 30.7 Å². The molecule has 2 aromatic rings. The van der Waals surface area contributed by atoms with Crippen LogP contribution in [0.1, 0.15) is 29.9 Å². The van der Waals surface area contributed by atoms with Crippen LogP contribution in [0.2, 0.25) is 0 Å². The van der Waals surface area contributed by atoms with Crippen LogP contribution in [0.25, 0.3) is 0 Å². The number of hydrogen-bond acceptors (Lipinski definition) is 3. The summed E-state index contributed by atoms with van der Waals surface area (Å²) in [5, 5.41) is 0. The van der Waals surface area contributed by atoms with Crippen molar-refractivity contribution in [2.75, 3.05) is 13.1 Å². The minimum absolute atomic E-state index is 0.719. The molecule has 0 unspecified atom stereocenters. The van der Waals surface area contributed by atoms with Crippen molar-refractivity contribution in [3.05, 3.63) is 47.8 Å². The number of imidazole rings is 1. The molecule has 21 heavy (non-hydrogen) atoms. The quantitative estimate of drug-likeness (QED) is 0.865. The summed E-state index contributed by atoms with van der Waals surface area (Å²) in [4.78, 5) is 11.4. The van der Waals surface area contributed by atoms with E-state index in [1.807, 2.05) is 24.7 Å². The van der Waals surface area contributed by atoms with E-state index in [-0.39, 0.29) is 0 Å². The van der Waals surface area contributed by atoms with Crippen molar-refractivity contribution in [3.8, 4) is 0 Å². The lowest BCUT2D eigenvalue weighted by Crippen LogP contribution is -2.36. The van der Waals surface area contributed by atoms with E-state index in [1.54, 1.807) is 0 Å². The van der Waals surface area contributed by atoms with Crippen molar-refractivity contribution in [2.45, 2.75) is 32.7 Å². The summed E-state index contributed by atoms with van der Waals surface area (Å²) in [6.45, 7) is 5.49. The van der Waals surface area contributed by atoms with Crippen LogP contribution in [0.4, 0.5) is 0 Å². The van der Waals surface area contributed by atoms with Gasteiger partial charge < -0.3 is 4.57 Å². The largest absolute Gasteiger partial charge is 0.338 e. The number of aromatic nitrogens is 3. The topological polar surface area (TPSA) is 34.0 Å². The predicted molar refractivity (Wildman–Crippen MR) is 83.9 cm³/mol. The Kier molecular flexibility index (Phi) is 4.34. The molecule has 0 aliphatic carbocycles. The number of hydrogen-bond donors (Lipinski definition) is 0. The van der Waals surface area contributed by atoms with Crippen molar-refractivity contribution >= 4 is 0 Å². The lowest BCUT2D eigenvalue weighted by Gasteiger charge is -2.32. The van der Waals surface area contributed by atoms with Crippen molar-refractivity contribution in [1.29, 1.82) is 0 Å². The van der Waals surface area contributed by atoms with Crippen LogP contribution in [-0.4, -0.2) is 32.5 Å². The molecule has 1 fully saturated rings. The predicted octanol–water partition coefficient (Wildman–Crippen LogP) is 2.58. The first-order chi connectivity index (χ1) is 10.2. The summed E-state index contributed by atoms with van der Waals surface area (Å²) >= 11 is 0. The molecule has 0 amide bonds. The molecule has 1 saturated heterocycles. The number of likely N-dealkylation sites (tertiary alicyclic amines) is 1. The maximum Gasteiger partial charge on any atom is 0.108 e. The molecule has 3 heterocycles. The fraction of sp³-hybridized carbons (Fsp3) is 0.529. The zero-order valence-electron chi connectivity index (χ0n) is 13.0. The molecule has 2 aromatic heterocycles. The van der Waals surface area contributed by atoms with Gasteiger partial charge in [-0.15, -0.1) is 0 Å². The molecule has 3 rings (SSSR count). The first kappa shape index (κ1) is 14.3. The second-order valence-electron chi connectivity index (χ2n) is 6.15. The summed E-state index contributed by atoms with van der Waals surface area (Å²) in [6.07, 6.45) is 9.50. The Morgan fingerprint density at radius 1 is 1.29 bits per heavy atom. The van der Waals surface area contributed by atoms with Gasteiger partial charge in [0.05, 0.1) is 0 Å². The molecule has 1 aliphatic heterocycles. The third-order valence-electron chi connectivity index (χ3n) is 4.51. The Hall–Kier alpha value is -1.68. The van der Waals surface area contributed by atoms with Gasteiger partial charge in [-0.05, 0) is 43.9 Å². The average Bonchev–Trinajstić information content (AvgIpc) is 2.87. The third kappa shape index (κ3) is 3.50. The number of piperidine rings is 1. The summed E-state index contributed by atoms with van der Waals surface area (Å²) in [7, 11) is 2.09. The van der Waals surface area contributed by atoms with Crippen molar-refractivity contribution < 1.29 is 0 Å².